The molecule has 0 aromatic carbocycles. The molecule has 0 aliphatic rings. The third-order valence-corrected chi connectivity index (χ3v) is 2.84. The Kier molecular flexibility index (Phi) is 3.71. The Labute approximate surface area is 117 Å². The molecule has 0 radical (unpaired) electrons. The molecule has 0 aliphatic heterocycles. The zero-order chi connectivity index (χ0) is 15.8. The topological polar surface area (TPSA) is 61.2 Å². The number of halogens is 3. The molecule has 5 nitrogen and oxygen atoms in total. The second kappa shape index (κ2) is 5.19. The van der Waals surface area contributed by atoms with E-state index in [9.17, 15) is 22.8 Å². The summed E-state index contributed by atoms with van der Waals surface area (Å²) in [6.45, 7) is 1.67. The maximum absolute atomic E-state index is 12.6. The van der Waals surface area contributed by atoms with E-state index in [1.165, 1.54) is 13.1 Å². The molecule has 2 aromatic heterocycles. The molecule has 8 heteroatoms. The number of aromatic nitrogens is 2. The highest BCUT2D eigenvalue weighted by Gasteiger charge is 2.33. The summed E-state index contributed by atoms with van der Waals surface area (Å²) in [6.07, 6.45) is -4.61. The Morgan fingerprint density at radius 1 is 1.38 bits per heavy atom. The fraction of sp³-hybridized carbons (Fsp3) is 0.308. The molecular weight excluding hydrogens is 289 g/mol. The molecule has 0 unspecified atom stereocenters. The van der Waals surface area contributed by atoms with Gasteiger partial charge in [-0.3, -0.25) is 9.36 Å². The SMILES string of the molecule is CCOC(=O)c1cc2ccc(C(F)(F)F)nc2n(C)c1=O. The van der Waals surface area contributed by atoms with Crippen molar-refractivity contribution in [3.8, 4) is 0 Å². The Morgan fingerprint density at radius 3 is 2.62 bits per heavy atom. The van der Waals surface area contributed by atoms with Crippen LogP contribution >= 0.6 is 0 Å². The summed E-state index contributed by atoms with van der Waals surface area (Å²) < 4.78 is 43.5. The number of ether oxygens (including phenoxy) is 1. The van der Waals surface area contributed by atoms with Gasteiger partial charge in [-0.05, 0) is 25.1 Å². The number of nitrogens with zero attached hydrogens (tertiary/aromatic N) is 2. The lowest BCUT2D eigenvalue weighted by Gasteiger charge is -2.10. The van der Waals surface area contributed by atoms with E-state index in [0.29, 0.717) is 0 Å². The van der Waals surface area contributed by atoms with Crippen molar-refractivity contribution in [3.63, 3.8) is 0 Å². The number of carbonyl (C=O) groups excluding carboxylic acids is 1. The molecule has 2 heterocycles. The average molecular weight is 300 g/mol. The molecule has 2 rings (SSSR count). The first kappa shape index (κ1) is 15.0. The Balaban J connectivity index is 2.69. The van der Waals surface area contributed by atoms with E-state index >= 15 is 0 Å². The zero-order valence-electron chi connectivity index (χ0n) is 11.2. The lowest BCUT2D eigenvalue weighted by Crippen LogP contribution is -2.26. The van der Waals surface area contributed by atoms with E-state index in [1.54, 1.807) is 6.92 Å². The maximum Gasteiger partial charge on any atom is 0.433 e. The number of alkyl halides is 3. The predicted molar refractivity (Wildman–Crippen MR) is 67.9 cm³/mol. The van der Waals surface area contributed by atoms with Gasteiger partial charge in [-0.2, -0.15) is 13.2 Å². The van der Waals surface area contributed by atoms with Gasteiger partial charge < -0.3 is 4.74 Å². The third-order valence-electron chi connectivity index (χ3n) is 2.84. The van der Waals surface area contributed by atoms with Crippen molar-refractivity contribution >= 4 is 17.0 Å². The molecule has 21 heavy (non-hydrogen) atoms. The predicted octanol–water partition coefficient (Wildman–Crippen LogP) is 2.13. The van der Waals surface area contributed by atoms with Gasteiger partial charge in [-0.25, -0.2) is 9.78 Å². The summed E-state index contributed by atoms with van der Waals surface area (Å²) in [5.41, 5.74) is -2.25. The highest BCUT2D eigenvalue weighted by Crippen LogP contribution is 2.28. The fourth-order valence-corrected chi connectivity index (χ4v) is 1.85. The van der Waals surface area contributed by atoms with Gasteiger partial charge in [0, 0.05) is 12.4 Å². The molecule has 0 atom stereocenters. The quantitative estimate of drug-likeness (QED) is 0.797. The standard InChI is InChI=1S/C13H11F3N2O3/c1-3-21-12(20)8-6-7-4-5-9(13(14,15)16)17-10(7)18(2)11(8)19/h4-6H,3H2,1-2H3. The molecule has 0 spiro atoms. The average Bonchev–Trinajstić information content (AvgIpc) is 2.41. The van der Waals surface area contributed by atoms with Gasteiger partial charge >= 0.3 is 12.1 Å². The summed E-state index contributed by atoms with van der Waals surface area (Å²) in [5.74, 6) is -0.820. The van der Waals surface area contributed by atoms with Crippen molar-refractivity contribution in [1.82, 2.24) is 9.55 Å². The van der Waals surface area contributed by atoms with Crippen LogP contribution in [0.15, 0.2) is 23.0 Å². The minimum absolute atomic E-state index is 0.0886. The summed E-state index contributed by atoms with van der Waals surface area (Å²) in [6, 6.07) is 3.14. The van der Waals surface area contributed by atoms with Crippen LogP contribution < -0.4 is 5.56 Å². The molecule has 0 amide bonds. The number of fused-ring (bicyclic) bond motifs is 1. The number of esters is 1. The molecule has 0 aliphatic carbocycles. The largest absolute Gasteiger partial charge is 0.462 e. The van der Waals surface area contributed by atoms with Crippen molar-refractivity contribution in [3.05, 3.63) is 39.8 Å². The van der Waals surface area contributed by atoms with Crippen LogP contribution in [0.2, 0.25) is 0 Å². The van der Waals surface area contributed by atoms with Gasteiger partial charge in [0.25, 0.3) is 5.56 Å². The Bertz CT molecular complexity index is 766. The molecule has 112 valence electrons. The van der Waals surface area contributed by atoms with Crippen LogP contribution in [0.5, 0.6) is 0 Å². The van der Waals surface area contributed by atoms with Crippen LogP contribution in [0.1, 0.15) is 23.0 Å². The molecule has 0 N–H and O–H groups in total. The minimum Gasteiger partial charge on any atom is -0.462 e. The lowest BCUT2D eigenvalue weighted by atomic mass is 10.2. The number of pyridine rings is 2. The van der Waals surface area contributed by atoms with Crippen LogP contribution in [0.3, 0.4) is 0 Å². The van der Waals surface area contributed by atoms with E-state index < -0.39 is 23.4 Å². The van der Waals surface area contributed by atoms with Gasteiger partial charge in [0.15, 0.2) is 0 Å². The zero-order valence-corrected chi connectivity index (χ0v) is 11.2. The molecule has 0 saturated carbocycles. The first-order valence-electron chi connectivity index (χ1n) is 6.00. The van der Waals surface area contributed by atoms with Gasteiger partial charge in [0.2, 0.25) is 0 Å². The normalized spacial score (nSPS) is 11.7. The van der Waals surface area contributed by atoms with Crippen LogP contribution in [0, 0.1) is 0 Å². The van der Waals surface area contributed by atoms with Crippen LogP contribution in [-0.2, 0) is 18.0 Å². The summed E-state index contributed by atoms with van der Waals surface area (Å²) in [7, 11) is 1.25. The van der Waals surface area contributed by atoms with Crippen LogP contribution in [0.4, 0.5) is 13.2 Å². The van der Waals surface area contributed by atoms with E-state index in [2.05, 4.69) is 4.98 Å². The van der Waals surface area contributed by atoms with Crippen LogP contribution in [0.25, 0.3) is 11.0 Å². The summed E-state index contributed by atoms with van der Waals surface area (Å²) in [5, 5.41) is 0.244. The number of carbonyl (C=O) groups is 1. The number of hydrogen-bond acceptors (Lipinski definition) is 4. The van der Waals surface area contributed by atoms with E-state index in [4.69, 9.17) is 4.74 Å². The summed E-state index contributed by atoms with van der Waals surface area (Å²) >= 11 is 0. The monoisotopic (exact) mass is 300 g/mol. The van der Waals surface area contributed by atoms with Gasteiger partial charge in [-0.15, -0.1) is 0 Å². The fourth-order valence-electron chi connectivity index (χ4n) is 1.85. The van der Waals surface area contributed by atoms with E-state index in [-0.39, 0.29) is 23.2 Å². The van der Waals surface area contributed by atoms with Gasteiger partial charge in [0.1, 0.15) is 16.9 Å². The van der Waals surface area contributed by atoms with Crippen molar-refractivity contribution in [2.75, 3.05) is 6.61 Å². The highest BCUT2D eigenvalue weighted by molar-refractivity contribution is 5.93. The smallest absolute Gasteiger partial charge is 0.433 e. The van der Waals surface area contributed by atoms with E-state index in [0.717, 1.165) is 16.7 Å². The molecule has 0 fully saturated rings. The number of aryl methyl sites for hydroxylation is 1. The van der Waals surface area contributed by atoms with Crippen molar-refractivity contribution < 1.29 is 22.7 Å². The first-order chi connectivity index (χ1) is 9.75. The second-order valence-electron chi connectivity index (χ2n) is 4.25. The Hall–Kier alpha value is -2.38. The van der Waals surface area contributed by atoms with Gasteiger partial charge in [0.05, 0.1) is 6.61 Å². The lowest BCUT2D eigenvalue weighted by molar-refractivity contribution is -0.141. The summed E-state index contributed by atoms with van der Waals surface area (Å²) in [4.78, 5) is 27.1. The van der Waals surface area contributed by atoms with Crippen molar-refractivity contribution in [2.45, 2.75) is 13.1 Å². The van der Waals surface area contributed by atoms with Crippen molar-refractivity contribution in [2.24, 2.45) is 7.05 Å². The molecule has 0 saturated heterocycles. The number of hydrogen-bond donors (Lipinski definition) is 0. The molecule has 0 bridgehead atoms. The van der Waals surface area contributed by atoms with Crippen molar-refractivity contribution in [1.29, 1.82) is 0 Å². The second-order valence-corrected chi connectivity index (χ2v) is 4.25. The Morgan fingerprint density at radius 2 is 2.05 bits per heavy atom. The van der Waals surface area contributed by atoms with Crippen LogP contribution in [-0.4, -0.2) is 22.1 Å². The van der Waals surface area contributed by atoms with E-state index in [1.807, 2.05) is 0 Å². The minimum atomic E-state index is -4.61. The highest BCUT2D eigenvalue weighted by atomic mass is 19.4. The maximum atomic E-state index is 12.6. The van der Waals surface area contributed by atoms with Gasteiger partial charge in [-0.1, -0.05) is 0 Å². The number of rotatable bonds is 2. The molecular formula is C13H11F3N2O3. The third kappa shape index (κ3) is 2.74. The first-order valence-corrected chi connectivity index (χ1v) is 6.00. The molecule has 2 aromatic rings.